The third-order valence-corrected chi connectivity index (χ3v) is 14.0. The summed E-state index contributed by atoms with van der Waals surface area (Å²) in [6.07, 6.45) is 23.6. The molecule has 5 rings (SSSR count). The first kappa shape index (κ1) is 26.6. The second-order valence-electron chi connectivity index (χ2n) is 14.6. The van der Waals surface area contributed by atoms with Crippen LogP contribution in [0.1, 0.15) is 112 Å². The minimum absolute atomic E-state index is 0.462. The predicted octanol–water partition coefficient (Wildman–Crippen LogP) is 9.61. The molecule has 2 radical (unpaired) electrons. The SMILES string of the molecule is [B]C1CCC(CC2C=C3CCC4C(CC[C@]5(C)[C@@H](/C(=C/C)CPC)CC[C@]45C)[C@@]3(C)CC2)C(C)C1. The molecule has 0 amide bonds. The minimum Gasteiger partial charge on any atom is -0.121 e. The van der Waals surface area contributed by atoms with Gasteiger partial charge < -0.3 is 0 Å². The van der Waals surface area contributed by atoms with E-state index in [-0.39, 0.29) is 0 Å². The summed E-state index contributed by atoms with van der Waals surface area (Å²) in [7, 11) is 7.34. The molecular weight excluding hydrogens is 438 g/mol. The molecule has 7 unspecified atom stereocenters. The molecule has 0 aromatic carbocycles. The van der Waals surface area contributed by atoms with Crippen molar-refractivity contribution in [2.24, 2.45) is 51.8 Å². The summed E-state index contributed by atoms with van der Waals surface area (Å²) < 4.78 is 0. The first-order chi connectivity index (χ1) is 16.7. The third-order valence-electron chi connectivity index (χ3n) is 13.2. The number of allylic oxidation sites excluding steroid dienone is 4. The predicted molar refractivity (Wildman–Crippen MR) is 157 cm³/mol. The summed E-state index contributed by atoms with van der Waals surface area (Å²) in [6, 6.07) is 0. The molecule has 0 nitrogen and oxygen atoms in total. The van der Waals surface area contributed by atoms with Gasteiger partial charge in [0, 0.05) is 0 Å². The Bertz CT molecular complexity index is 844. The van der Waals surface area contributed by atoms with Crippen LogP contribution in [0.15, 0.2) is 23.3 Å². The van der Waals surface area contributed by atoms with Crippen molar-refractivity contribution in [3.63, 3.8) is 0 Å². The number of rotatable bonds is 5. The molecule has 0 N–H and O–H groups in total. The van der Waals surface area contributed by atoms with Crippen LogP contribution in [0.2, 0.25) is 5.82 Å². The highest BCUT2D eigenvalue weighted by atomic mass is 31.1. The molecule has 5 aliphatic rings. The zero-order chi connectivity index (χ0) is 25.0. The molecule has 35 heavy (non-hydrogen) atoms. The fraction of sp³-hybridized carbons (Fsp3) is 0.879. The average Bonchev–Trinajstić information content (AvgIpc) is 3.10. The third kappa shape index (κ3) is 4.29. The average molecular weight is 493 g/mol. The summed E-state index contributed by atoms with van der Waals surface area (Å²) in [5.41, 5.74) is 5.22. The number of fused-ring (bicyclic) bond motifs is 5. The van der Waals surface area contributed by atoms with Crippen molar-refractivity contribution in [2.75, 3.05) is 12.8 Å². The normalized spacial score (nSPS) is 50.5. The van der Waals surface area contributed by atoms with Gasteiger partial charge in [0.25, 0.3) is 0 Å². The maximum Gasteiger partial charge on any atom is 0.0699 e. The van der Waals surface area contributed by atoms with Crippen molar-refractivity contribution >= 4 is 16.4 Å². The Hall–Kier alpha value is -0.0251. The largest absolute Gasteiger partial charge is 0.121 e. The molecule has 4 saturated carbocycles. The topological polar surface area (TPSA) is 0 Å². The Morgan fingerprint density at radius 3 is 2.49 bits per heavy atom. The monoisotopic (exact) mass is 492 g/mol. The molecule has 0 bridgehead atoms. The van der Waals surface area contributed by atoms with Crippen LogP contribution in [0.5, 0.6) is 0 Å². The van der Waals surface area contributed by atoms with Gasteiger partial charge in [-0.2, -0.15) is 0 Å². The van der Waals surface area contributed by atoms with E-state index < -0.39 is 0 Å². The zero-order valence-electron chi connectivity index (χ0n) is 24.0. The van der Waals surface area contributed by atoms with Crippen LogP contribution in [-0.2, 0) is 0 Å². The van der Waals surface area contributed by atoms with Crippen molar-refractivity contribution in [3.8, 4) is 0 Å². The highest BCUT2D eigenvalue weighted by Crippen LogP contribution is 2.73. The Morgan fingerprint density at radius 2 is 1.77 bits per heavy atom. The first-order valence-corrected chi connectivity index (χ1v) is 17.1. The molecule has 0 heterocycles. The van der Waals surface area contributed by atoms with Crippen molar-refractivity contribution < 1.29 is 0 Å². The molecule has 0 aromatic rings. The lowest BCUT2D eigenvalue weighted by Crippen LogP contribution is -2.55. The summed E-state index contributed by atoms with van der Waals surface area (Å²) in [5, 5.41) is 0. The fourth-order valence-electron chi connectivity index (χ4n) is 10.9. The molecule has 5 aliphatic carbocycles. The molecule has 2 heteroatoms. The highest BCUT2D eigenvalue weighted by Gasteiger charge is 2.64. The molecule has 194 valence electrons. The lowest BCUT2D eigenvalue weighted by atomic mass is 9.41. The second-order valence-corrected chi connectivity index (χ2v) is 15.6. The second kappa shape index (κ2) is 9.94. The number of hydrogen-bond acceptors (Lipinski definition) is 0. The quantitative estimate of drug-likeness (QED) is 0.204. The Balaban J connectivity index is 1.34. The van der Waals surface area contributed by atoms with E-state index in [4.69, 9.17) is 7.85 Å². The van der Waals surface area contributed by atoms with Crippen molar-refractivity contribution in [3.05, 3.63) is 23.3 Å². The number of hydrogen-bond donors (Lipinski definition) is 0. The summed E-state index contributed by atoms with van der Waals surface area (Å²) in [5.74, 6) is 5.74. The zero-order valence-corrected chi connectivity index (χ0v) is 25.0. The van der Waals surface area contributed by atoms with E-state index in [1.807, 2.05) is 5.57 Å². The van der Waals surface area contributed by atoms with E-state index in [2.05, 4.69) is 53.4 Å². The smallest absolute Gasteiger partial charge is 0.0699 e. The summed E-state index contributed by atoms with van der Waals surface area (Å²) >= 11 is 0. The van der Waals surface area contributed by atoms with Crippen LogP contribution in [0.25, 0.3) is 0 Å². The van der Waals surface area contributed by atoms with Gasteiger partial charge in [-0.3, -0.25) is 0 Å². The van der Waals surface area contributed by atoms with Gasteiger partial charge >= 0.3 is 0 Å². The van der Waals surface area contributed by atoms with Crippen LogP contribution >= 0.6 is 8.58 Å². The van der Waals surface area contributed by atoms with Gasteiger partial charge in [0.05, 0.1) is 7.85 Å². The molecule has 0 aliphatic heterocycles. The lowest BCUT2D eigenvalue weighted by molar-refractivity contribution is -0.109. The highest BCUT2D eigenvalue weighted by molar-refractivity contribution is 7.37. The van der Waals surface area contributed by atoms with Crippen molar-refractivity contribution in [1.29, 1.82) is 0 Å². The van der Waals surface area contributed by atoms with Crippen LogP contribution in [0.3, 0.4) is 0 Å². The summed E-state index contributed by atoms with van der Waals surface area (Å²) in [6.45, 7) is 15.4. The van der Waals surface area contributed by atoms with Gasteiger partial charge in [-0.25, -0.2) is 0 Å². The maximum atomic E-state index is 6.28. The van der Waals surface area contributed by atoms with E-state index in [0.717, 1.165) is 44.1 Å². The van der Waals surface area contributed by atoms with Gasteiger partial charge in [0.1, 0.15) is 0 Å². The molecule has 0 spiro atoms. The Morgan fingerprint density at radius 1 is 1.00 bits per heavy atom. The van der Waals surface area contributed by atoms with E-state index in [1.165, 1.54) is 83.2 Å². The standard InChI is InChI=1S/C33H54BP/c1-7-24(21-35-6)28-13-16-33(5)30-11-9-26-20-23(19-25-8-10-27(34)18-22(25)2)12-15-31(26,3)29(30)14-17-32(28,33)4/h7,20,22-23,25,27-30,35H,8-19,21H2,1-6H3/b24-7+/t22?,23?,25?,27?,28-,29?,30?,31+,32-,33-/m1/s1. The van der Waals surface area contributed by atoms with E-state index in [9.17, 15) is 0 Å². The van der Waals surface area contributed by atoms with E-state index >= 15 is 0 Å². The molecule has 4 fully saturated rings. The molecule has 11 atom stereocenters. The summed E-state index contributed by atoms with van der Waals surface area (Å²) in [4.78, 5) is 0. The van der Waals surface area contributed by atoms with Crippen LogP contribution in [0.4, 0.5) is 0 Å². The first-order valence-electron chi connectivity index (χ1n) is 15.4. The van der Waals surface area contributed by atoms with E-state index in [0.29, 0.717) is 22.1 Å². The van der Waals surface area contributed by atoms with Crippen LogP contribution in [-0.4, -0.2) is 20.7 Å². The molecular formula is C33H54BP. The van der Waals surface area contributed by atoms with Gasteiger partial charge in [0.2, 0.25) is 0 Å². The van der Waals surface area contributed by atoms with E-state index in [1.54, 1.807) is 5.57 Å². The molecule has 0 aromatic heterocycles. The van der Waals surface area contributed by atoms with Gasteiger partial charge in [-0.15, -0.1) is 8.58 Å². The van der Waals surface area contributed by atoms with Gasteiger partial charge in [-0.05, 0) is 129 Å². The van der Waals surface area contributed by atoms with Crippen LogP contribution in [0, 0.1) is 51.8 Å². The van der Waals surface area contributed by atoms with Gasteiger partial charge in [-0.1, -0.05) is 76.1 Å². The minimum atomic E-state index is 0.462. The molecule has 0 saturated heterocycles. The van der Waals surface area contributed by atoms with Crippen molar-refractivity contribution in [1.82, 2.24) is 0 Å². The maximum absolute atomic E-state index is 6.28. The van der Waals surface area contributed by atoms with Crippen molar-refractivity contribution in [2.45, 2.75) is 117 Å². The van der Waals surface area contributed by atoms with Crippen LogP contribution < -0.4 is 0 Å². The Labute approximate surface area is 221 Å². The fourth-order valence-corrected chi connectivity index (χ4v) is 11.7. The lowest BCUT2D eigenvalue weighted by Gasteiger charge is -2.63. The Kier molecular flexibility index (Phi) is 7.54. The van der Waals surface area contributed by atoms with Gasteiger partial charge in [0.15, 0.2) is 0 Å².